The molecule has 0 unspecified atom stereocenters. The van der Waals surface area contributed by atoms with E-state index in [9.17, 15) is 4.79 Å². The van der Waals surface area contributed by atoms with Crippen LogP contribution in [-0.2, 0) is 5.75 Å². The van der Waals surface area contributed by atoms with Crippen molar-refractivity contribution in [2.24, 2.45) is 0 Å². The van der Waals surface area contributed by atoms with Crippen LogP contribution in [0.15, 0.2) is 9.95 Å². The largest absolute Gasteiger partial charge is 0.344 e. The summed E-state index contributed by atoms with van der Waals surface area (Å²) in [5, 5.41) is 10.9. The molecule has 0 fully saturated rings. The summed E-state index contributed by atoms with van der Waals surface area (Å²) in [4.78, 5) is 11.5. The molecule has 92 valence electrons. The quantitative estimate of drug-likeness (QED) is 0.871. The lowest BCUT2D eigenvalue weighted by Crippen LogP contribution is -2.19. The minimum atomic E-state index is -0.204. The first kappa shape index (κ1) is 12.6. The third-order valence-electron chi connectivity index (χ3n) is 2.04. The van der Waals surface area contributed by atoms with Crippen LogP contribution in [0.1, 0.15) is 25.6 Å². The first-order valence-electron chi connectivity index (χ1n) is 4.86. The van der Waals surface area contributed by atoms with Crippen molar-refractivity contribution in [3.05, 3.63) is 20.5 Å². The van der Waals surface area contributed by atoms with Gasteiger partial charge in [0.15, 0.2) is 5.16 Å². The predicted octanol–water partition coefficient (Wildman–Crippen LogP) is 1.95. The summed E-state index contributed by atoms with van der Waals surface area (Å²) in [6.07, 6.45) is 0. The number of hydrogen-bond acceptors (Lipinski definition) is 6. The molecule has 0 amide bonds. The summed E-state index contributed by atoms with van der Waals surface area (Å²) in [6.45, 7) is 3.86. The van der Waals surface area contributed by atoms with Gasteiger partial charge >= 0.3 is 5.69 Å². The van der Waals surface area contributed by atoms with E-state index in [0.717, 1.165) is 11.5 Å². The zero-order valence-electron chi connectivity index (χ0n) is 9.18. The lowest BCUT2D eigenvalue weighted by molar-refractivity contribution is 0.534. The Bertz CT molecular complexity index is 560. The molecule has 2 aromatic heterocycles. The van der Waals surface area contributed by atoms with E-state index in [4.69, 9.17) is 11.6 Å². The second kappa shape index (κ2) is 5.19. The standard InChI is InChI=1S/C8H10ClN5OS2/c1-4(2)14-7(15)11-12-8(14)16-3-5-6(9)17-13-10-5/h4H,3H2,1-2H3,(H,11,15). The second-order valence-electron chi connectivity index (χ2n) is 3.56. The molecule has 0 aliphatic heterocycles. The number of thioether (sulfide) groups is 1. The van der Waals surface area contributed by atoms with Crippen molar-refractivity contribution < 1.29 is 0 Å². The van der Waals surface area contributed by atoms with Crippen molar-refractivity contribution in [1.82, 2.24) is 24.4 Å². The number of H-pyrrole nitrogens is 1. The Hall–Kier alpha value is -0.860. The van der Waals surface area contributed by atoms with Gasteiger partial charge in [-0.2, -0.15) is 0 Å². The first-order valence-corrected chi connectivity index (χ1v) is 6.99. The Balaban J connectivity index is 2.15. The lowest BCUT2D eigenvalue weighted by Gasteiger charge is -2.07. The molecule has 0 saturated carbocycles. The Labute approximate surface area is 111 Å². The van der Waals surface area contributed by atoms with Crippen molar-refractivity contribution in [2.75, 3.05) is 0 Å². The molecule has 2 aromatic rings. The molecule has 2 heterocycles. The molecule has 0 bridgehead atoms. The maximum atomic E-state index is 11.5. The van der Waals surface area contributed by atoms with Crippen molar-refractivity contribution in [3.63, 3.8) is 0 Å². The number of halogens is 1. The van der Waals surface area contributed by atoms with E-state index < -0.39 is 0 Å². The second-order valence-corrected chi connectivity index (χ2v) is 5.86. The van der Waals surface area contributed by atoms with E-state index in [0.29, 0.717) is 20.9 Å². The van der Waals surface area contributed by atoms with E-state index in [1.807, 2.05) is 13.8 Å². The SMILES string of the molecule is CC(C)n1c(SCc2nnsc2Cl)n[nH]c1=O. The van der Waals surface area contributed by atoms with Gasteiger partial charge in [0.2, 0.25) is 0 Å². The smallest absolute Gasteiger partial charge is 0.268 e. The molecule has 0 aliphatic rings. The number of rotatable bonds is 4. The van der Waals surface area contributed by atoms with Crippen LogP contribution in [0.5, 0.6) is 0 Å². The first-order chi connectivity index (χ1) is 8.09. The van der Waals surface area contributed by atoms with Gasteiger partial charge < -0.3 is 0 Å². The molecule has 0 aromatic carbocycles. The van der Waals surface area contributed by atoms with E-state index >= 15 is 0 Å². The van der Waals surface area contributed by atoms with E-state index in [1.165, 1.54) is 11.8 Å². The topological polar surface area (TPSA) is 76.5 Å². The summed E-state index contributed by atoms with van der Waals surface area (Å²) in [6, 6.07) is 0.0628. The zero-order chi connectivity index (χ0) is 12.4. The average molecular weight is 292 g/mol. The van der Waals surface area contributed by atoms with Gasteiger partial charge in [0.25, 0.3) is 0 Å². The van der Waals surface area contributed by atoms with Crippen LogP contribution in [0.25, 0.3) is 0 Å². The highest BCUT2D eigenvalue weighted by Gasteiger charge is 2.13. The molecule has 17 heavy (non-hydrogen) atoms. The van der Waals surface area contributed by atoms with Crippen LogP contribution in [0.3, 0.4) is 0 Å². The minimum Gasteiger partial charge on any atom is -0.268 e. The van der Waals surface area contributed by atoms with Crippen LogP contribution < -0.4 is 5.69 Å². The molecule has 0 aliphatic carbocycles. The van der Waals surface area contributed by atoms with Gasteiger partial charge in [0.05, 0.1) is 0 Å². The average Bonchev–Trinajstić information content (AvgIpc) is 2.82. The molecule has 0 atom stereocenters. The minimum absolute atomic E-state index is 0.0628. The highest BCUT2D eigenvalue weighted by atomic mass is 35.5. The lowest BCUT2D eigenvalue weighted by atomic mass is 10.4. The van der Waals surface area contributed by atoms with E-state index in [-0.39, 0.29) is 11.7 Å². The fourth-order valence-electron chi connectivity index (χ4n) is 1.26. The molecule has 0 radical (unpaired) electrons. The number of aromatic amines is 1. The van der Waals surface area contributed by atoms with Crippen molar-refractivity contribution in [3.8, 4) is 0 Å². The van der Waals surface area contributed by atoms with Gasteiger partial charge in [0, 0.05) is 23.3 Å². The van der Waals surface area contributed by atoms with Crippen molar-refractivity contribution in [2.45, 2.75) is 30.8 Å². The van der Waals surface area contributed by atoms with Gasteiger partial charge in [-0.05, 0) is 13.8 Å². The van der Waals surface area contributed by atoms with Gasteiger partial charge in [-0.25, -0.2) is 9.89 Å². The van der Waals surface area contributed by atoms with Crippen molar-refractivity contribution >= 4 is 34.9 Å². The van der Waals surface area contributed by atoms with Gasteiger partial charge in [-0.15, -0.1) is 10.2 Å². The fourth-order valence-corrected chi connectivity index (χ4v) is 3.07. The highest BCUT2D eigenvalue weighted by Crippen LogP contribution is 2.26. The Morgan fingerprint density at radius 1 is 1.59 bits per heavy atom. The molecule has 1 N–H and O–H groups in total. The monoisotopic (exact) mass is 291 g/mol. The van der Waals surface area contributed by atoms with Gasteiger partial charge in [-0.1, -0.05) is 27.9 Å². The normalized spacial score (nSPS) is 11.3. The molecule has 0 saturated heterocycles. The maximum absolute atomic E-state index is 11.5. The van der Waals surface area contributed by atoms with E-state index in [2.05, 4.69) is 19.8 Å². The van der Waals surface area contributed by atoms with Crippen LogP contribution >= 0.6 is 34.9 Å². The molecular weight excluding hydrogens is 282 g/mol. The summed E-state index contributed by atoms with van der Waals surface area (Å²) in [7, 11) is 0. The summed E-state index contributed by atoms with van der Waals surface area (Å²) in [5.41, 5.74) is 0.512. The maximum Gasteiger partial charge on any atom is 0.344 e. The zero-order valence-corrected chi connectivity index (χ0v) is 11.6. The highest BCUT2D eigenvalue weighted by molar-refractivity contribution is 7.98. The summed E-state index contributed by atoms with van der Waals surface area (Å²) >= 11 is 8.45. The molecule has 0 spiro atoms. The Morgan fingerprint density at radius 2 is 2.35 bits per heavy atom. The van der Waals surface area contributed by atoms with Crippen LogP contribution in [-0.4, -0.2) is 24.4 Å². The molecule has 9 heteroatoms. The van der Waals surface area contributed by atoms with Crippen LogP contribution in [0.2, 0.25) is 4.34 Å². The predicted molar refractivity (Wildman–Crippen MR) is 67.7 cm³/mol. The van der Waals surface area contributed by atoms with Gasteiger partial charge in [-0.3, -0.25) is 4.57 Å². The van der Waals surface area contributed by atoms with Crippen molar-refractivity contribution in [1.29, 1.82) is 0 Å². The Kier molecular flexibility index (Phi) is 3.85. The summed E-state index contributed by atoms with van der Waals surface area (Å²) < 4.78 is 5.92. The van der Waals surface area contributed by atoms with Crippen LogP contribution in [0, 0.1) is 0 Å². The fraction of sp³-hybridized carbons (Fsp3) is 0.500. The summed E-state index contributed by atoms with van der Waals surface area (Å²) in [5.74, 6) is 0.548. The Morgan fingerprint density at radius 3 is 2.94 bits per heavy atom. The number of hydrogen-bond donors (Lipinski definition) is 1. The molecule has 6 nitrogen and oxygen atoms in total. The number of nitrogens with one attached hydrogen (secondary N) is 1. The van der Waals surface area contributed by atoms with E-state index in [1.54, 1.807) is 4.57 Å². The number of aromatic nitrogens is 5. The molecule has 2 rings (SSSR count). The number of nitrogens with zero attached hydrogens (tertiary/aromatic N) is 4. The van der Waals surface area contributed by atoms with Crippen LogP contribution in [0.4, 0.5) is 0 Å². The molecular formula is C8H10ClN5OS2. The van der Waals surface area contributed by atoms with Gasteiger partial charge in [0.1, 0.15) is 10.0 Å². The third kappa shape index (κ3) is 2.70. The third-order valence-corrected chi connectivity index (χ3v) is 3.98.